The lowest BCUT2D eigenvalue weighted by molar-refractivity contribution is -0.120. The van der Waals surface area contributed by atoms with Crippen LogP contribution < -0.4 is 16.8 Å². The molecule has 0 spiro atoms. The first-order chi connectivity index (χ1) is 5.20. The first kappa shape index (κ1) is 10.4. The summed E-state index contributed by atoms with van der Waals surface area (Å²) in [6.45, 7) is 2.39. The van der Waals surface area contributed by atoms with Crippen molar-refractivity contribution in [2.24, 2.45) is 5.73 Å². The zero-order chi connectivity index (χ0) is 8.69. The maximum atomic E-state index is 10.7. The molecule has 1 atom stereocenters. The van der Waals surface area contributed by atoms with E-state index < -0.39 is 0 Å². The van der Waals surface area contributed by atoms with Crippen LogP contribution in [0.1, 0.15) is 19.8 Å². The minimum Gasteiger partial charge on any atom is -0.352 e. The Morgan fingerprint density at radius 3 is 2.82 bits per heavy atom. The van der Waals surface area contributed by atoms with Crippen molar-refractivity contribution in [3.63, 3.8) is 0 Å². The third-order valence-corrected chi connectivity index (χ3v) is 1.41. The van der Waals surface area contributed by atoms with Crippen LogP contribution in [0.5, 0.6) is 0 Å². The lowest BCUT2D eigenvalue weighted by Crippen LogP contribution is -2.35. The van der Waals surface area contributed by atoms with Gasteiger partial charge in [0.2, 0.25) is 5.91 Å². The summed E-state index contributed by atoms with van der Waals surface area (Å²) in [6.07, 6.45) is 1.81. The molecule has 0 bridgehead atoms. The van der Waals surface area contributed by atoms with Crippen LogP contribution >= 0.6 is 0 Å². The fourth-order valence-electron chi connectivity index (χ4n) is 0.822. The van der Waals surface area contributed by atoms with Crippen LogP contribution in [0, 0.1) is 0 Å². The van der Waals surface area contributed by atoms with Gasteiger partial charge < -0.3 is 11.1 Å². The molecule has 0 aromatic heterocycles. The molecule has 11 heavy (non-hydrogen) atoms. The highest BCUT2D eigenvalue weighted by atomic mass is 16.1. The van der Waals surface area contributed by atoms with E-state index in [1.807, 2.05) is 6.92 Å². The molecule has 4 nitrogen and oxygen atoms in total. The normalized spacial score (nSPS) is 12.6. The second-order valence-corrected chi connectivity index (χ2v) is 2.58. The van der Waals surface area contributed by atoms with Crippen molar-refractivity contribution in [2.75, 3.05) is 13.1 Å². The van der Waals surface area contributed by atoms with Crippen molar-refractivity contribution in [3.05, 3.63) is 0 Å². The lowest BCUT2D eigenvalue weighted by atomic mass is 10.2. The highest BCUT2D eigenvalue weighted by molar-refractivity contribution is 5.77. The molecule has 4 N–H and O–H groups in total. The van der Waals surface area contributed by atoms with Crippen molar-refractivity contribution in [2.45, 2.75) is 25.8 Å². The molecular formula is C7H16N3O. The molecule has 4 heteroatoms. The zero-order valence-corrected chi connectivity index (χ0v) is 6.89. The molecule has 1 amide bonds. The lowest BCUT2D eigenvalue weighted by Gasteiger charge is -2.11. The van der Waals surface area contributed by atoms with Crippen LogP contribution in [0.15, 0.2) is 0 Å². The monoisotopic (exact) mass is 158 g/mol. The average molecular weight is 158 g/mol. The topological polar surface area (TPSA) is 78.9 Å². The molecule has 65 valence electrons. The Hall–Kier alpha value is -0.610. The maximum absolute atomic E-state index is 10.7. The smallest absolute Gasteiger partial charge is 0.235 e. The quantitative estimate of drug-likeness (QED) is 0.566. The number of carbonyl (C=O) groups excluding carboxylic acids is 1. The van der Waals surface area contributed by atoms with E-state index >= 15 is 0 Å². The van der Waals surface area contributed by atoms with E-state index in [0.29, 0.717) is 6.54 Å². The number of amides is 1. The summed E-state index contributed by atoms with van der Waals surface area (Å²) in [4.78, 5) is 10.7. The van der Waals surface area contributed by atoms with E-state index in [1.165, 1.54) is 0 Å². The second-order valence-electron chi connectivity index (χ2n) is 2.58. The molecule has 0 aliphatic carbocycles. The number of nitrogens with two attached hydrogens (primary N) is 1. The van der Waals surface area contributed by atoms with Crippen molar-refractivity contribution < 1.29 is 4.79 Å². The first-order valence-electron chi connectivity index (χ1n) is 3.84. The molecule has 0 aliphatic rings. The van der Waals surface area contributed by atoms with Crippen molar-refractivity contribution in [3.8, 4) is 0 Å². The van der Waals surface area contributed by atoms with Crippen LogP contribution in [0.2, 0.25) is 0 Å². The van der Waals surface area contributed by atoms with E-state index in [-0.39, 0.29) is 18.5 Å². The summed E-state index contributed by atoms with van der Waals surface area (Å²) < 4.78 is 0. The molecule has 0 aromatic rings. The van der Waals surface area contributed by atoms with Gasteiger partial charge in [-0.2, -0.15) is 0 Å². The minimum absolute atomic E-state index is 0.149. The SMILES string of the molecule is CC(CCCN)NC(=O)C[NH]. The van der Waals surface area contributed by atoms with Crippen molar-refractivity contribution in [1.29, 1.82) is 0 Å². The van der Waals surface area contributed by atoms with Gasteiger partial charge >= 0.3 is 0 Å². The standard InChI is InChI=1S/C7H16N3O/c1-6(3-2-4-8)10-7(11)5-9/h6,9H,2-5,8H2,1H3,(H,10,11). The number of nitrogens with one attached hydrogen (secondary N) is 2. The Labute approximate surface area is 67.3 Å². The first-order valence-corrected chi connectivity index (χ1v) is 3.84. The summed E-state index contributed by atoms with van der Waals surface area (Å²) in [6, 6.07) is 0.149. The van der Waals surface area contributed by atoms with Crippen LogP contribution in [0.3, 0.4) is 0 Å². The van der Waals surface area contributed by atoms with E-state index in [2.05, 4.69) is 5.32 Å². The highest BCUT2D eigenvalue weighted by Crippen LogP contribution is 1.93. The van der Waals surface area contributed by atoms with Gasteiger partial charge in [-0.05, 0) is 26.3 Å². The minimum atomic E-state index is -0.213. The fraction of sp³-hybridized carbons (Fsp3) is 0.857. The predicted octanol–water partition coefficient (Wildman–Crippen LogP) is -0.487. The van der Waals surface area contributed by atoms with Gasteiger partial charge in [-0.3, -0.25) is 4.79 Å². The molecule has 0 rings (SSSR count). The van der Waals surface area contributed by atoms with E-state index in [0.717, 1.165) is 12.8 Å². The summed E-state index contributed by atoms with van der Waals surface area (Å²) in [5, 5.41) is 2.68. The molecule has 1 unspecified atom stereocenters. The van der Waals surface area contributed by atoms with Gasteiger partial charge in [-0.15, -0.1) is 0 Å². The van der Waals surface area contributed by atoms with E-state index in [1.54, 1.807) is 0 Å². The van der Waals surface area contributed by atoms with Crippen LogP contribution in [-0.2, 0) is 4.79 Å². The van der Waals surface area contributed by atoms with Gasteiger partial charge in [0, 0.05) is 6.04 Å². The Balaban J connectivity index is 3.35. The van der Waals surface area contributed by atoms with E-state index in [9.17, 15) is 4.79 Å². The average Bonchev–Trinajstić information content (AvgIpc) is 2.00. The summed E-state index contributed by atoms with van der Waals surface area (Å²) in [5.74, 6) is -0.213. The Bertz CT molecular complexity index is 116. The van der Waals surface area contributed by atoms with Gasteiger partial charge in [0.25, 0.3) is 0 Å². The molecule has 0 fully saturated rings. The highest BCUT2D eigenvalue weighted by Gasteiger charge is 2.03. The third kappa shape index (κ3) is 5.82. The Morgan fingerprint density at radius 1 is 1.73 bits per heavy atom. The van der Waals surface area contributed by atoms with E-state index in [4.69, 9.17) is 11.5 Å². The van der Waals surface area contributed by atoms with Crippen LogP contribution in [0.25, 0.3) is 0 Å². The molecular weight excluding hydrogens is 142 g/mol. The van der Waals surface area contributed by atoms with Gasteiger partial charge in [0.1, 0.15) is 0 Å². The molecule has 0 aliphatic heterocycles. The van der Waals surface area contributed by atoms with Crippen molar-refractivity contribution >= 4 is 5.91 Å². The number of carbonyl (C=O) groups is 1. The van der Waals surface area contributed by atoms with Gasteiger partial charge in [-0.25, -0.2) is 5.73 Å². The Kier molecular flexibility index (Phi) is 5.78. The maximum Gasteiger partial charge on any atom is 0.235 e. The van der Waals surface area contributed by atoms with Crippen LogP contribution in [0.4, 0.5) is 0 Å². The largest absolute Gasteiger partial charge is 0.352 e. The van der Waals surface area contributed by atoms with Crippen molar-refractivity contribution in [1.82, 2.24) is 11.1 Å². The third-order valence-electron chi connectivity index (χ3n) is 1.41. The zero-order valence-electron chi connectivity index (χ0n) is 6.89. The molecule has 0 saturated carbocycles. The van der Waals surface area contributed by atoms with Gasteiger partial charge in [0.05, 0.1) is 6.54 Å². The number of hydrogen-bond donors (Lipinski definition) is 2. The number of hydrogen-bond acceptors (Lipinski definition) is 2. The molecule has 1 radical (unpaired) electrons. The molecule has 0 heterocycles. The predicted molar refractivity (Wildman–Crippen MR) is 43.9 cm³/mol. The molecule has 0 saturated heterocycles. The summed E-state index contributed by atoms with van der Waals surface area (Å²) >= 11 is 0. The molecule has 0 aromatic carbocycles. The Morgan fingerprint density at radius 2 is 2.36 bits per heavy atom. The summed E-state index contributed by atoms with van der Waals surface area (Å²) in [7, 11) is 0. The number of rotatable bonds is 5. The second kappa shape index (κ2) is 6.12. The fourth-order valence-corrected chi connectivity index (χ4v) is 0.822. The van der Waals surface area contributed by atoms with Crippen LogP contribution in [-0.4, -0.2) is 25.0 Å². The van der Waals surface area contributed by atoms with Gasteiger partial charge in [0.15, 0.2) is 0 Å². The van der Waals surface area contributed by atoms with Gasteiger partial charge in [-0.1, -0.05) is 0 Å². The summed E-state index contributed by atoms with van der Waals surface area (Å²) in [5.41, 5.74) is 12.0.